The minimum absolute atomic E-state index is 0.417. The average molecular weight is 305 g/mol. The van der Waals surface area contributed by atoms with Gasteiger partial charge in [-0.25, -0.2) is 4.72 Å². The topological polar surface area (TPSA) is 70.7 Å². The van der Waals surface area contributed by atoms with E-state index >= 15 is 0 Å². The Morgan fingerprint density at radius 3 is 2.25 bits per heavy atom. The van der Waals surface area contributed by atoms with Crippen molar-refractivity contribution in [2.24, 2.45) is 11.8 Å². The van der Waals surface area contributed by atoms with Crippen molar-refractivity contribution in [2.75, 3.05) is 46.4 Å². The fourth-order valence-corrected chi connectivity index (χ4v) is 4.23. The van der Waals surface area contributed by atoms with Gasteiger partial charge in [-0.2, -0.15) is 12.7 Å². The van der Waals surface area contributed by atoms with E-state index in [-0.39, 0.29) is 0 Å². The van der Waals surface area contributed by atoms with E-state index in [1.165, 1.54) is 0 Å². The van der Waals surface area contributed by atoms with Crippen molar-refractivity contribution in [1.29, 1.82) is 0 Å². The molecule has 0 aliphatic carbocycles. The van der Waals surface area contributed by atoms with Crippen molar-refractivity contribution in [3.8, 4) is 0 Å². The van der Waals surface area contributed by atoms with E-state index in [2.05, 4.69) is 10.0 Å². The summed E-state index contributed by atoms with van der Waals surface area (Å²) in [5.41, 5.74) is 0. The second kappa shape index (κ2) is 7.70. The summed E-state index contributed by atoms with van der Waals surface area (Å²) in [6.07, 6.45) is 3.79. The monoisotopic (exact) mass is 305 g/mol. The van der Waals surface area contributed by atoms with Crippen LogP contribution in [0.25, 0.3) is 0 Å². The first-order valence-electron chi connectivity index (χ1n) is 7.59. The molecule has 0 spiro atoms. The third kappa shape index (κ3) is 4.66. The van der Waals surface area contributed by atoms with Crippen LogP contribution < -0.4 is 10.0 Å². The molecule has 20 heavy (non-hydrogen) atoms. The molecule has 118 valence electrons. The van der Waals surface area contributed by atoms with Crippen LogP contribution in [0.3, 0.4) is 0 Å². The first kappa shape index (κ1) is 16.2. The highest BCUT2D eigenvalue weighted by atomic mass is 32.2. The quantitative estimate of drug-likeness (QED) is 0.734. The minimum atomic E-state index is -3.30. The molecule has 0 bridgehead atoms. The normalized spacial score (nSPS) is 24.1. The maximum atomic E-state index is 12.3. The van der Waals surface area contributed by atoms with Gasteiger partial charge in [-0.1, -0.05) is 0 Å². The molecule has 0 aromatic heterocycles. The Bertz CT molecular complexity index is 374. The lowest BCUT2D eigenvalue weighted by atomic mass is 9.98. The van der Waals surface area contributed by atoms with E-state index in [1.54, 1.807) is 4.31 Å². The number of hydrogen-bond acceptors (Lipinski definition) is 4. The third-order valence-electron chi connectivity index (χ3n) is 4.30. The van der Waals surface area contributed by atoms with E-state index in [9.17, 15) is 8.42 Å². The zero-order valence-corrected chi connectivity index (χ0v) is 13.1. The van der Waals surface area contributed by atoms with Crippen LogP contribution in [-0.4, -0.2) is 59.2 Å². The molecule has 0 aromatic carbocycles. The molecule has 2 fully saturated rings. The van der Waals surface area contributed by atoms with E-state index in [0.29, 0.717) is 31.5 Å². The average Bonchev–Trinajstić information content (AvgIpc) is 2.47. The Hall–Kier alpha value is -0.210. The highest BCUT2D eigenvalue weighted by Gasteiger charge is 2.28. The van der Waals surface area contributed by atoms with Gasteiger partial charge in [0.25, 0.3) is 10.2 Å². The zero-order valence-electron chi connectivity index (χ0n) is 12.3. The summed E-state index contributed by atoms with van der Waals surface area (Å²) in [6, 6.07) is 0. The fourth-order valence-electron chi connectivity index (χ4n) is 2.91. The SMILES string of the molecule is CNCC1CCN(S(=O)(=O)NCC2CCOCC2)CC1. The molecule has 0 atom stereocenters. The van der Waals surface area contributed by atoms with E-state index < -0.39 is 10.2 Å². The van der Waals surface area contributed by atoms with Gasteiger partial charge >= 0.3 is 0 Å². The standard InChI is InChI=1S/C13H27N3O3S/c1-14-10-12-2-6-16(7-3-12)20(17,18)15-11-13-4-8-19-9-5-13/h12-15H,2-11H2,1H3. The van der Waals surface area contributed by atoms with E-state index in [1.807, 2.05) is 7.05 Å². The molecule has 2 heterocycles. The third-order valence-corrected chi connectivity index (χ3v) is 5.88. The molecule has 0 radical (unpaired) electrons. The van der Waals surface area contributed by atoms with Crippen LogP contribution >= 0.6 is 0 Å². The highest BCUT2D eigenvalue weighted by Crippen LogP contribution is 2.19. The van der Waals surface area contributed by atoms with Crippen LogP contribution in [0.4, 0.5) is 0 Å². The van der Waals surface area contributed by atoms with Gasteiger partial charge in [0.15, 0.2) is 0 Å². The Morgan fingerprint density at radius 1 is 1.05 bits per heavy atom. The van der Waals surface area contributed by atoms with Gasteiger partial charge in [0, 0.05) is 32.8 Å². The van der Waals surface area contributed by atoms with Crippen molar-refractivity contribution < 1.29 is 13.2 Å². The van der Waals surface area contributed by atoms with Gasteiger partial charge in [0.05, 0.1) is 0 Å². The van der Waals surface area contributed by atoms with Crippen LogP contribution in [0.2, 0.25) is 0 Å². The largest absolute Gasteiger partial charge is 0.381 e. The molecule has 2 N–H and O–H groups in total. The molecule has 0 aromatic rings. The Balaban J connectivity index is 1.75. The van der Waals surface area contributed by atoms with Gasteiger partial charge in [0.2, 0.25) is 0 Å². The molecule has 6 nitrogen and oxygen atoms in total. The van der Waals surface area contributed by atoms with Crippen molar-refractivity contribution in [3.05, 3.63) is 0 Å². The molecule has 2 aliphatic heterocycles. The number of ether oxygens (including phenoxy) is 1. The molecule has 0 amide bonds. The minimum Gasteiger partial charge on any atom is -0.381 e. The first-order chi connectivity index (χ1) is 9.62. The Labute approximate surface area is 122 Å². The number of rotatable bonds is 6. The summed E-state index contributed by atoms with van der Waals surface area (Å²) in [7, 11) is -1.36. The summed E-state index contributed by atoms with van der Waals surface area (Å²) in [4.78, 5) is 0. The van der Waals surface area contributed by atoms with Gasteiger partial charge in [-0.05, 0) is 51.1 Å². The molecular formula is C13H27N3O3S. The molecule has 2 rings (SSSR count). The summed E-state index contributed by atoms with van der Waals surface area (Å²) in [6.45, 7) is 4.29. The summed E-state index contributed by atoms with van der Waals surface area (Å²) >= 11 is 0. The molecular weight excluding hydrogens is 278 g/mol. The summed E-state index contributed by atoms with van der Waals surface area (Å²) in [5.74, 6) is 1.02. The first-order valence-corrected chi connectivity index (χ1v) is 9.03. The van der Waals surface area contributed by atoms with Crippen molar-refractivity contribution in [3.63, 3.8) is 0 Å². The fraction of sp³-hybridized carbons (Fsp3) is 1.00. The molecule has 0 saturated carbocycles. The number of hydrogen-bond donors (Lipinski definition) is 2. The van der Waals surface area contributed by atoms with Gasteiger partial charge in [-0.15, -0.1) is 0 Å². The van der Waals surface area contributed by atoms with Gasteiger partial charge in [0.1, 0.15) is 0 Å². The maximum absolute atomic E-state index is 12.3. The molecule has 2 saturated heterocycles. The second-order valence-corrected chi connectivity index (χ2v) is 7.56. The smallest absolute Gasteiger partial charge is 0.279 e. The summed E-state index contributed by atoms with van der Waals surface area (Å²) in [5, 5.41) is 3.16. The van der Waals surface area contributed by atoms with E-state index in [4.69, 9.17) is 4.74 Å². The lowest BCUT2D eigenvalue weighted by Gasteiger charge is -2.31. The van der Waals surface area contributed by atoms with Crippen LogP contribution in [0, 0.1) is 11.8 Å². The number of nitrogens with one attached hydrogen (secondary N) is 2. The van der Waals surface area contributed by atoms with Crippen LogP contribution in [-0.2, 0) is 14.9 Å². The highest BCUT2D eigenvalue weighted by molar-refractivity contribution is 7.87. The van der Waals surface area contributed by atoms with Gasteiger partial charge < -0.3 is 10.1 Å². The number of piperidine rings is 1. The molecule has 7 heteroatoms. The summed E-state index contributed by atoms with van der Waals surface area (Å²) < 4.78 is 34.2. The molecule has 2 aliphatic rings. The van der Waals surface area contributed by atoms with Crippen molar-refractivity contribution in [1.82, 2.24) is 14.3 Å². The predicted octanol–water partition coefficient (Wildman–Crippen LogP) is 0.179. The maximum Gasteiger partial charge on any atom is 0.279 e. The van der Waals surface area contributed by atoms with Crippen LogP contribution in [0.15, 0.2) is 0 Å². The van der Waals surface area contributed by atoms with Crippen LogP contribution in [0.5, 0.6) is 0 Å². The lowest BCUT2D eigenvalue weighted by molar-refractivity contribution is 0.0676. The molecule has 0 unspecified atom stereocenters. The number of nitrogens with zero attached hydrogens (tertiary/aromatic N) is 1. The Morgan fingerprint density at radius 2 is 1.65 bits per heavy atom. The van der Waals surface area contributed by atoms with Gasteiger partial charge in [-0.3, -0.25) is 0 Å². The second-order valence-electron chi connectivity index (χ2n) is 5.81. The van der Waals surface area contributed by atoms with E-state index in [0.717, 1.165) is 45.4 Å². The van der Waals surface area contributed by atoms with Crippen molar-refractivity contribution >= 4 is 10.2 Å². The zero-order chi connectivity index (χ0) is 14.4. The predicted molar refractivity (Wildman–Crippen MR) is 78.7 cm³/mol. The van der Waals surface area contributed by atoms with Crippen molar-refractivity contribution in [2.45, 2.75) is 25.7 Å². The van der Waals surface area contributed by atoms with Crippen LogP contribution in [0.1, 0.15) is 25.7 Å². The lowest BCUT2D eigenvalue weighted by Crippen LogP contribution is -2.47. The Kier molecular flexibility index (Phi) is 6.22.